The molecule has 0 spiro atoms. The molecule has 0 aliphatic heterocycles. The molecule has 0 bridgehead atoms. The highest BCUT2D eigenvalue weighted by Crippen LogP contribution is 2.20. The molecule has 9 heteroatoms. The van der Waals surface area contributed by atoms with E-state index >= 15 is 0 Å². The maximum absolute atomic E-state index is 12.3. The Morgan fingerprint density at radius 1 is 1.11 bits per heavy atom. The summed E-state index contributed by atoms with van der Waals surface area (Å²) in [6.07, 6.45) is 3.94. The lowest BCUT2D eigenvalue weighted by Gasteiger charge is -2.24. The Bertz CT molecular complexity index is 741. The molecule has 1 fully saturated rings. The molecular formula is C18H22N2O7. The summed E-state index contributed by atoms with van der Waals surface area (Å²) in [4.78, 5) is 46.5. The Morgan fingerprint density at radius 2 is 1.70 bits per heavy atom. The number of non-ortho nitro benzene ring substituents is 1. The average molecular weight is 378 g/mol. The fourth-order valence-electron chi connectivity index (χ4n) is 2.92. The van der Waals surface area contributed by atoms with Gasteiger partial charge in [0, 0.05) is 18.2 Å². The zero-order valence-electron chi connectivity index (χ0n) is 15.2. The molecule has 1 unspecified atom stereocenters. The zero-order chi connectivity index (χ0) is 20.0. The fraction of sp³-hybridized carbons (Fsp3) is 0.500. The van der Waals surface area contributed by atoms with Gasteiger partial charge in [-0.25, -0.2) is 9.59 Å². The second-order valence-electron chi connectivity index (χ2n) is 6.41. The second kappa shape index (κ2) is 9.11. The minimum atomic E-state index is -1.07. The molecule has 0 heterocycles. The van der Waals surface area contributed by atoms with E-state index < -0.39 is 34.6 Å². The number of carbonyl (C=O) groups is 3. The first-order valence-corrected chi connectivity index (χ1v) is 8.71. The molecule has 27 heavy (non-hydrogen) atoms. The summed E-state index contributed by atoms with van der Waals surface area (Å²) < 4.78 is 9.65. The summed E-state index contributed by atoms with van der Waals surface area (Å²) in [6.45, 7) is 1.43. The van der Waals surface area contributed by atoms with E-state index in [9.17, 15) is 24.5 Å². The third-order valence-corrected chi connectivity index (χ3v) is 4.39. The lowest BCUT2D eigenvalue weighted by atomic mass is 9.95. The van der Waals surface area contributed by atoms with Gasteiger partial charge in [-0.1, -0.05) is 19.3 Å². The van der Waals surface area contributed by atoms with Crippen molar-refractivity contribution in [1.29, 1.82) is 0 Å². The van der Waals surface area contributed by atoms with Gasteiger partial charge >= 0.3 is 11.9 Å². The molecule has 1 saturated carbocycles. The molecule has 1 N–H and O–H groups in total. The van der Waals surface area contributed by atoms with Gasteiger partial charge in [0.05, 0.1) is 23.2 Å². The number of carbonyl (C=O) groups excluding carboxylic acids is 3. The Morgan fingerprint density at radius 3 is 2.26 bits per heavy atom. The number of nitrogens with zero attached hydrogens (tertiary/aromatic N) is 1. The lowest BCUT2D eigenvalue weighted by Crippen LogP contribution is -2.42. The Labute approximate surface area is 156 Å². The van der Waals surface area contributed by atoms with Crippen molar-refractivity contribution in [3.63, 3.8) is 0 Å². The summed E-state index contributed by atoms with van der Waals surface area (Å²) in [5.74, 6) is -2.18. The van der Waals surface area contributed by atoms with Crippen LogP contribution in [0.4, 0.5) is 5.69 Å². The van der Waals surface area contributed by atoms with Gasteiger partial charge in [-0.05, 0) is 25.8 Å². The quantitative estimate of drug-likeness (QED) is 0.457. The van der Waals surface area contributed by atoms with Gasteiger partial charge in [0.15, 0.2) is 6.10 Å². The van der Waals surface area contributed by atoms with Crippen molar-refractivity contribution in [2.24, 2.45) is 0 Å². The van der Waals surface area contributed by atoms with Crippen LogP contribution in [0.3, 0.4) is 0 Å². The maximum atomic E-state index is 12.3. The standard InChI is InChI=1S/C18H22N2O7/c1-11(16(21)19-14-6-4-3-5-7-14)27-18(23)13-8-12(17(22)26-2)9-15(10-13)20(24)25/h8-11,14H,3-7H2,1-2H3,(H,19,21). The van der Waals surface area contributed by atoms with Gasteiger partial charge in [-0.15, -0.1) is 0 Å². The van der Waals surface area contributed by atoms with Crippen molar-refractivity contribution in [2.75, 3.05) is 7.11 Å². The first-order valence-electron chi connectivity index (χ1n) is 8.71. The van der Waals surface area contributed by atoms with Crippen LogP contribution in [0.25, 0.3) is 0 Å². The molecule has 0 aromatic heterocycles. The third-order valence-electron chi connectivity index (χ3n) is 4.39. The fourth-order valence-corrected chi connectivity index (χ4v) is 2.92. The number of hydrogen-bond donors (Lipinski definition) is 1. The number of ether oxygens (including phenoxy) is 2. The summed E-state index contributed by atoms with van der Waals surface area (Å²) in [6, 6.07) is 3.19. The van der Waals surface area contributed by atoms with Crippen molar-refractivity contribution in [3.8, 4) is 0 Å². The molecule has 1 amide bonds. The minimum absolute atomic E-state index is 0.0659. The number of nitro benzene ring substituents is 1. The van der Waals surface area contributed by atoms with E-state index in [-0.39, 0.29) is 17.2 Å². The van der Waals surface area contributed by atoms with Crippen LogP contribution in [0, 0.1) is 10.1 Å². The number of nitrogens with one attached hydrogen (secondary N) is 1. The van der Waals surface area contributed by atoms with E-state index in [0.29, 0.717) is 0 Å². The Hall–Kier alpha value is -2.97. The molecule has 1 aliphatic rings. The number of benzene rings is 1. The van der Waals surface area contributed by atoms with Gasteiger partial charge < -0.3 is 14.8 Å². The second-order valence-corrected chi connectivity index (χ2v) is 6.41. The molecule has 9 nitrogen and oxygen atoms in total. The highest BCUT2D eigenvalue weighted by atomic mass is 16.6. The van der Waals surface area contributed by atoms with Crippen molar-refractivity contribution in [1.82, 2.24) is 5.32 Å². The van der Waals surface area contributed by atoms with E-state index in [4.69, 9.17) is 4.74 Å². The van der Waals surface area contributed by atoms with Crippen LogP contribution >= 0.6 is 0 Å². The van der Waals surface area contributed by atoms with E-state index in [2.05, 4.69) is 10.1 Å². The molecular weight excluding hydrogens is 356 g/mol. The highest BCUT2D eigenvalue weighted by Gasteiger charge is 2.25. The largest absolute Gasteiger partial charge is 0.465 e. The van der Waals surface area contributed by atoms with Crippen LogP contribution in [-0.4, -0.2) is 42.0 Å². The van der Waals surface area contributed by atoms with E-state index in [1.54, 1.807) is 0 Å². The first-order chi connectivity index (χ1) is 12.8. The summed E-state index contributed by atoms with van der Waals surface area (Å²) in [7, 11) is 1.12. The Balaban J connectivity index is 2.09. The van der Waals surface area contributed by atoms with Crippen LogP contribution in [0.1, 0.15) is 59.7 Å². The number of hydrogen-bond acceptors (Lipinski definition) is 7. The SMILES string of the molecule is COC(=O)c1cc(C(=O)OC(C)C(=O)NC2CCCCC2)cc([N+](=O)[O-])c1. The van der Waals surface area contributed by atoms with Crippen molar-refractivity contribution >= 4 is 23.5 Å². The van der Waals surface area contributed by atoms with Crippen LogP contribution in [-0.2, 0) is 14.3 Å². The predicted molar refractivity (Wildman–Crippen MR) is 94.3 cm³/mol. The van der Waals surface area contributed by atoms with Crippen molar-refractivity contribution < 1.29 is 28.8 Å². The minimum Gasteiger partial charge on any atom is -0.465 e. The van der Waals surface area contributed by atoms with E-state index in [0.717, 1.165) is 57.4 Å². The summed E-state index contributed by atoms with van der Waals surface area (Å²) in [5, 5.41) is 13.9. The number of rotatable bonds is 6. The molecule has 1 atom stereocenters. The Kier molecular flexibility index (Phi) is 6.86. The van der Waals surface area contributed by atoms with E-state index in [1.165, 1.54) is 6.92 Å². The molecule has 2 rings (SSSR count). The number of methoxy groups -OCH3 is 1. The summed E-state index contributed by atoms with van der Waals surface area (Å²) in [5.41, 5.74) is -0.816. The first kappa shape index (κ1) is 20.3. The van der Waals surface area contributed by atoms with Crippen molar-refractivity contribution in [3.05, 3.63) is 39.4 Å². The molecule has 1 aliphatic carbocycles. The van der Waals surface area contributed by atoms with Gasteiger partial charge in [-0.2, -0.15) is 0 Å². The van der Waals surface area contributed by atoms with Crippen LogP contribution < -0.4 is 5.32 Å². The molecule has 146 valence electrons. The molecule has 1 aromatic carbocycles. The lowest BCUT2D eigenvalue weighted by molar-refractivity contribution is -0.384. The zero-order valence-corrected chi connectivity index (χ0v) is 15.2. The van der Waals surface area contributed by atoms with Gasteiger partial charge in [-0.3, -0.25) is 14.9 Å². The number of nitro groups is 1. The highest BCUT2D eigenvalue weighted by molar-refractivity contribution is 5.97. The predicted octanol–water partition coefficient (Wildman–Crippen LogP) is 2.38. The molecule has 0 radical (unpaired) electrons. The maximum Gasteiger partial charge on any atom is 0.339 e. The normalized spacial score (nSPS) is 15.5. The van der Waals surface area contributed by atoms with Gasteiger partial charge in [0.2, 0.25) is 0 Å². The van der Waals surface area contributed by atoms with Crippen LogP contribution in [0.2, 0.25) is 0 Å². The van der Waals surface area contributed by atoms with Crippen LogP contribution in [0.5, 0.6) is 0 Å². The van der Waals surface area contributed by atoms with Crippen molar-refractivity contribution in [2.45, 2.75) is 51.2 Å². The van der Waals surface area contributed by atoms with Gasteiger partial charge in [0.25, 0.3) is 11.6 Å². The van der Waals surface area contributed by atoms with Crippen LogP contribution in [0.15, 0.2) is 18.2 Å². The average Bonchev–Trinajstić information content (AvgIpc) is 2.67. The molecule has 0 saturated heterocycles. The third kappa shape index (κ3) is 5.50. The monoisotopic (exact) mass is 378 g/mol. The molecule has 1 aromatic rings. The van der Waals surface area contributed by atoms with Gasteiger partial charge in [0.1, 0.15) is 0 Å². The topological polar surface area (TPSA) is 125 Å². The summed E-state index contributed by atoms with van der Waals surface area (Å²) >= 11 is 0. The van der Waals surface area contributed by atoms with E-state index in [1.807, 2.05) is 0 Å². The number of amides is 1. The smallest absolute Gasteiger partial charge is 0.339 e. The number of esters is 2.